The van der Waals surface area contributed by atoms with Gasteiger partial charge in [-0.15, -0.1) is 0 Å². The number of nitrogens with zero attached hydrogens (tertiary/aromatic N) is 2. The number of carboxylic acid groups (broad SMARTS) is 1. The second kappa shape index (κ2) is 5.01. The number of fused-ring (bicyclic) bond motifs is 1. The van der Waals surface area contributed by atoms with E-state index in [4.69, 9.17) is 5.11 Å². The lowest BCUT2D eigenvalue weighted by Gasteiger charge is -2.21. The number of imidazole rings is 1. The maximum atomic E-state index is 10.6. The number of nitrogens with one attached hydrogen (secondary N) is 1. The Morgan fingerprint density at radius 3 is 2.94 bits per heavy atom. The smallest absolute Gasteiger partial charge is 0.328 e. The molecule has 18 heavy (non-hydrogen) atoms. The van der Waals surface area contributed by atoms with Gasteiger partial charge in [-0.2, -0.15) is 0 Å². The molecule has 5 heteroatoms. The van der Waals surface area contributed by atoms with Gasteiger partial charge < -0.3 is 10.1 Å². The van der Waals surface area contributed by atoms with Crippen molar-refractivity contribution in [3.63, 3.8) is 0 Å². The van der Waals surface area contributed by atoms with Crippen molar-refractivity contribution in [2.75, 3.05) is 14.1 Å². The Morgan fingerprint density at radius 2 is 2.28 bits per heavy atom. The maximum Gasteiger partial charge on any atom is 0.328 e. The largest absolute Gasteiger partial charge is 0.478 e. The second-order valence-electron chi connectivity index (χ2n) is 4.28. The number of aliphatic carboxylic acids is 1. The molecule has 2 rings (SSSR count). The van der Waals surface area contributed by atoms with E-state index in [2.05, 4.69) is 9.97 Å². The molecule has 5 nitrogen and oxygen atoms in total. The number of rotatable bonds is 4. The molecule has 0 fully saturated rings. The third-order valence-electron chi connectivity index (χ3n) is 2.76. The summed E-state index contributed by atoms with van der Waals surface area (Å²) in [6, 6.07) is 5.79. The van der Waals surface area contributed by atoms with Crippen LogP contribution in [0, 0.1) is 0 Å². The van der Waals surface area contributed by atoms with E-state index in [9.17, 15) is 4.79 Å². The Labute approximate surface area is 105 Å². The quantitative estimate of drug-likeness (QED) is 0.806. The average Bonchev–Trinajstić information content (AvgIpc) is 2.75. The number of aromatic nitrogens is 2. The highest BCUT2D eigenvalue weighted by Gasteiger charge is 2.12. The van der Waals surface area contributed by atoms with Crippen LogP contribution in [0.3, 0.4) is 0 Å². The zero-order valence-electron chi connectivity index (χ0n) is 10.3. The van der Waals surface area contributed by atoms with Crippen LogP contribution in [0.15, 0.2) is 36.7 Å². The molecule has 0 amide bonds. The molecule has 0 radical (unpaired) electrons. The van der Waals surface area contributed by atoms with E-state index in [-0.39, 0.29) is 6.04 Å². The highest BCUT2D eigenvalue weighted by molar-refractivity contribution is 5.80. The van der Waals surface area contributed by atoms with Gasteiger partial charge in [0.25, 0.3) is 0 Å². The Kier molecular flexibility index (Phi) is 3.43. The lowest BCUT2D eigenvalue weighted by Crippen LogP contribution is -2.18. The van der Waals surface area contributed by atoms with Gasteiger partial charge in [0.1, 0.15) is 0 Å². The number of H-pyrrole nitrogens is 1. The molecular weight excluding hydrogens is 230 g/mol. The van der Waals surface area contributed by atoms with Crippen molar-refractivity contribution in [3.8, 4) is 0 Å². The molecule has 0 aliphatic rings. The van der Waals surface area contributed by atoms with Gasteiger partial charge in [0, 0.05) is 6.08 Å². The third-order valence-corrected chi connectivity index (χ3v) is 2.76. The Bertz CT molecular complexity index is 587. The molecular formula is C13H15N3O2. The number of aromatic amines is 1. The summed E-state index contributed by atoms with van der Waals surface area (Å²) in [6.07, 6.45) is 4.48. The number of carbonyl (C=O) groups is 1. The molecule has 2 aromatic rings. The summed E-state index contributed by atoms with van der Waals surface area (Å²) in [5, 5.41) is 8.71. The van der Waals surface area contributed by atoms with Crippen molar-refractivity contribution >= 4 is 17.0 Å². The fourth-order valence-corrected chi connectivity index (χ4v) is 1.89. The SMILES string of the molecule is CN(C)C(/C=C/C(=O)O)c1ccc2nc[nH]c2c1. The number of hydrogen-bond donors (Lipinski definition) is 2. The van der Waals surface area contributed by atoms with E-state index in [1.54, 1.807) is 12.4 Å². The monoisotopic (exact) mass is 245 g/mol. The van der Waals surface area contributed by atoms with E-state index >= 15 is 0 Å². The number of benzene rings is 1. The summed E-state index contributed by atoms with van der Waals surface area (Å²) in [4.78, 5) is 19.8. The lowest BCUT2D eigenvalue weighted by atomic mass is 10.0. The standard InChI is InChI=1S/C13H15N3O2/c1-16(2)12(5-6-13(17)18)9-3-4-10-11(7-9)15-8-14-10/h3-8,12H,1-2H3,(H,14,15)(H,17,18)/b6-5+. The third kappa shape index (κ3) is 2.57. The van der Waals surface area contributed by atoms with E-state index < -0.39 is 5.97 Å². The van der Waals surface area contributed by atoms with Gasteiger partial charge in [0.05, 0.1) is 23.4 Å². The minimum Gasteiger partial charge on any atom is -0.478 e. The summed E-state index contributed by atoms with van der Waals surface area (Å²) in [5.74, 6) is -0.940. The first kappa shape index (κ1) is 12.3. The molecule has 1 aromatic heterocycles. The molecule has 94 valence electrons. The van der Waals surface area contributed by atoms with Crippen LogP contribution in [0.1, 0.15) is 11.6 Å². The lowest BCUT2D eigenvalue weighted by molar-refractivity contribution is -0.131. The van der Waals surface area contributed by atoms with E-state index in [1.165, 1.54) is 6.08 Å². The second-order valence-corrected chi connectivity index (χ2v) is 4.28. The molecule has 1 aromatic carbocycles. The van der Waals surface area contributed by atoms with Crippen LogP contribution >= 0.6 is 0 Å². The molecule has 1 heterocycles. The minimum atomic E-state index is -0.940. The molecule has 0 aliphatic carbocycles. The summed E-state index contributed by atoms with van der Waals surface area (Å²) in [6.45, 7) is 0. The van der Waals surface area contributed by atoms with Crippen molar-refractivity contribution in [1.82, 2.24) is 14.9 Å². The van der Waals surface area contributed by atoms with Crippen LogP contribution in [0.25, 0.3) is 11.0 Å². The van der Waals surface area contributed by atoms with Gasteiger partial charge in [0.15, 0.2) is 0 Å². The van der Waals surface area contributed by atoms with Gasteiger partial charge >= 0.3 is 5.97 Å². The van der Waals surface area contributed by atoms with Crippen LogP contribution in [-0.4, -0.2) is 40.0 Å². The first-order valence-corrected chi connectivity index (χ1v) is 5.58. The minimum absolute atomic E-state index is 0.0752. The molecule has 0 aliphatic heterocycles. The topological polar surface area (TPSA) is 69.2 Å². The van der Waals surface area contributed by atoms with Gasteiger partial charge in [-0.25, -0.2) is 9.78 Å². The highest BCUT2D eigenvalue weighted by Crippen LogP contribution is 2.22. The fourth-order valence-electron chi connectivity index (χ4n) is 1.89. The van der Waals surface area contributed by atoms with Gasteiger partial charge in [-0.1, -0.05) is 12.1 Å². The Hall–Kier alpha value is -2.14. The molecule has 2 N–H and O–H groups in total. The number of carboxylic acids is 1. The van der Waals surface area contributed by atoms with Gasteiger partial charge in [0.2, 0.25) is 0 Å². The van der Waals surface area contributed by atoms with Crippen molar-refractivity contribution in [1.29, 1.82) is 0 Å². The fraction of sp³-hybridized carbons (Fsp3) is 0.231. The predicted octanol–water partition coefficient (Wildman–Crippen LogP) is 1.81. The van der Waals surface area contributed by atoms with Crippen LogP contribution < -0.4 is 0 Å². The first-order chi connectivity index (χ1) is 8.58. The number of likely N-dealkylation sites (N-methyl/N-ethyl adjacent to an activating group) is 1. The molecule has 0 saturated carbocycles. The van der Waals surface area contributed by atoms with Crippen molar-refractivity contribution in [3.05, 3.63) is 42.2 Å². The maximum absolute atomic E-state index is 10.6. The van der Waals surface area contributed by atoms with Crippen LogP contribution in [0.5, 0.6) is 0 Å². The zero-order chi connectivity index (χ0) is 13.1. The molecule has 1 unspecified atom stereocenters. The van der Waals surface area contributed by atoms with E-state index in [0.717, 1.165) is 16.6 Å². The summed E-state index contributed by atoms with van der Waals surface area (Å²) in [5.41, 5.74) is 2.87. The Morgan fingerprint density at radius 1 is 1.50 bits per heavy atom. The normalized spacial score (nSPS) is 13.5. The molecule has 0 bridgehead atoms. The van der Waals surface area contributed by atoms with Gasteiger partial charge in [-0.05, 0) is 31.8 Å². The predicted molar refractivity (Wildman–Crippen MR) is 69.3 cm³/mol. The van der Waals surface area contributed by atoms with Crippen LogP contribution in [-0.2, 0) is 4.79 Å². The van der Waals surface area contributed by atoms with Crippen molar-refractivity contribution in [2.24, 2.45) is 0 Å². The summed E-state index contributed by atoms with van der Waals surface area (Å²) >= 11 is 0. The van der Waals surface area contributed by atoms with Crippen molar-refractivity contribution < 1.29 is 9.90 Å². The summed E-state index contributed by atoms with van der Waals surface area (Å²) in [7, 11) is 3.82. The summed E-state index contributed by atoms with van der Waals surface area (Å²) < 4.78 is 0. The van der Waals surface area contributed by atoms with E-state index in [1.807, 2.05) is 37.2 Å². The van der Waals surface area contributed by atoms with E-state index in [0.29, 0.717) is 0 Å². The highest BCUT2D eigenvalue weighted by atomic mass is 16.4. The van der Waals surface area contributed by atoms with Gasteiger partial charge in [-0.3, -0.25) is 4.90 Å². The molecule has 0 spiro atoms. The molecule has 0 saturated heterocycles. The first-order valence-electron chi connectivity index (χ1n) is 5.58. The number of hydrogen-bond acceptors (Lipinski definition) is 3. The van der Waals surface area contributed by atoms with Crippen LogP contribution in [0.2, 0.25) is 0 Å². The van der Waals surface area contributed by atoms with Crippen LogP contribution in [0.4, 0.5) is 0 Å². The Balaban J connectivity index is 2.37. The zero-order valence-corrected chi connectivity index (χ0v) is 10.3. The molecule has 1 atom stereocenters. The average molecular weight is 245 g/mol. The van der Waals surface area contributed by atoms with Crippen molar-refractivity contribution in [2.45, 2.75) is 6.04 Å².